The van der Waals surface area contributed by atoms with Gasteiger partial charge < -0.3 is 4.74 Å². The molecule has 1 fully saturated rings. The smallest absolute Gasteiger partial charge is 0.326 e. The Kier molecular flexibility index (Phi) is 3.70. The fourth-order valence-electron chi connectivity index (χ4n) is 4.80. The predicted molar refractivity (Wildman–Crippen MR) is 99.1 cm³/mol. The van der Waals surface area contributed by atoms with E-state index in [0.717, 1.165) is 10.0 Å². The van der Waals surface area contributed by atoms with E-state index in [2.05, 4.69) is 15.9 Å². The van der Waals surface area contributed by atoms with E-state index in [-0.39, 0.29) is 11.6 Å². The van der Waals surface area contributed by atoms with Crippen molar-refractivity contribution in [2.24, 2.45) is 10.8 Å². The Balaban J connectivity index is 1.93. The van der Waals surface area contributed by atoms with Gasteiger partial charge in [0, 0.05) is 21.5 Å². The lowest BCUT2D eigenvalue weighted by atomic mass is 9.81. The highest BCUT2D eigenvalue weighted by atomic mass is 79.9. The minimum atomic E-state index is -1.43. The SMILES string of the molecule is CC[C@@]1(C(=O)c2ccc(Br)cc2)[C@@H]2c3ccccc3OC(=O)[C@]21C(C)=O. The van der Waals surface area contributed by atoms with Gasteiger partial charge in [-0.25, -0.2) is 0 Å². The molecule has 3 atom stereocenters. The lowest BCUT2D eigenvalue weighted by Crippen LogP contribution is -2.38. The van der Waals surface area contributed by atoms with Gasteiger partial charge in [0.2, 0.25) is 0 Å². The van der Waals surface area contributed by atoms with Gasteiger partial charge in [0.05, 0.1) is 5.41 Å². The van der Waals surface area contributed by atoms with Crippen LogP contribution in [0.5, 0.6) is 5.75 Å². The van der Waals surface area contributed by atoms with E-state index in [1.807, 2.05) is 19.1 Å². The van der Waals surface area contributed by atoms with E-state index in [1.165, 1.54) is 6.92 Å². The van der Waals surface area contributed by atoms with Crippen LogP contribution in [-0.4, -0.2) is 17.5 Å². The highest BCUT2D eigenvalue weighted by Gasteiger charge is 2.87. The van der Waals surface area contributed by atoms with Gasteiger partial charge in [-0.15, -0.1) is 0 Å². The van der Waals surface area contributed by atoms with Crippen LogP contribution in [0, 0.1) is 10.8 Å². The molecule has 4 nitrogen and oxygen atoms in total. The van der Waals surface area contributed by atoms with Gasteiger partial charge in [0.1, 0.15) is 16.9 Å². The first kappa shape index (κ1) is 17.2. The van der Waals surface area contributed by atoms with Crippen molar-refractivity contribution in [3.8, 4) is 5.75 Å². The first-order valence-electron chi connectivity index (χ1n) is 8.54. The second kappa shape index (κ2) is 5.61. The third-order valence-corrected chi connectivity index (χ3v) is 6.45. The molecule has 1 aliphatic heterocycles. The van der Waals surface area contributed by atoms with Gasteiger partial charge in [-0.05, 0) is 31.5 Å². The normalized spacial score (nSPS) is 28.6. The number of carbonyl (C=O) groups excluding carboxylic acids is 3. The van der Waals surface area contributed by atoms with E-state index < -0.39 is 22.7 Å². The molecule has 1 heterocycles. The number of rotatable bonds is 4. The maximum atomic E-state index is 13.5. The Morgan fingerprint density at radius 3 is 2.38 bits per heavy atom. The van der Waals surface area contributed by atoms with Crippen LogP contribution in [0.25, 0.3) is 0 Å². The molecule has 132 valence electrons. The monoisotopic (exact) mass is 412 g/mol. The number of ketones is 2. The molecular formula is C21H17BrO4. The van der Waals surface area contributed by atoms with Gasteiger partial charge in [0.25, 0.3) is 0 Å². The molecule has 4 rings (SSSR count). The van der Waals surface area contributed by atoms with E-state index in [1.54, 1.807) is 36.4 Å². The van der Waals surface area contributed by atoms with Crippen LogP contribution in [0.3, 0.4) is 0 Å². The van der Waals surface area contributed by atoms with Crippen molar-refractivity contribution in [2.45, 2.75) is 26.2 Å². The summed E-state index contributed by atoms with van der Waals surface area (Å²) in [4.78, 5) is 39.1. The standard InChI is InChI=1S/C21H17BrO4/c1-3-20(18(24)13-8-10-14(22)11-9-13)17-15-6-4-5-7-16(15)26-19(25)21(17,20)12(2)23/h4-11,17H,3H2,1-2H3/t17-,20-,21-/m0/s1. The molecule has 26 heavy (non-hydrogen) atoms. The van der Waals surface area contributed by atoms with Crippen molar-refractivity contribution in [3.63, 3.8) is 0 Å². The van der Waals surface area contributed by atoms with Crippen molar-refractivity contribution in [2.75, 3.05) is 0 Å². The average molecular weight is 413 g/mol. The zero-order valence-corrected chi connectivity index (χ0v) is 16.0. The largest absolute Gasteiger partial charge is 0.425 e. The fourth-order valence-corrected chi connectivity index (χ4v) is 5.06. The average Bonchev–Trinajstić information content (AvgIpc) is 3.29. The van der Waals surface area contributed by atoms with Gasteiger partial charge in [-0.1, -0.05) is 53.2 Å². The van der Waals surface area contributed by atoms with E-state index in [9.17, 15) is 14.4 Å². The van der Waals surface area contributed by atoms with Crippen molar-refractivity contribution < 1.29 is 19.1 Å². The summed E-state index contributed by atoms with van der Waals surface area (Å²) in [5.74, 6) is -1.14. The molecule has 1 aliphatic carbocycles. The van der Waals surface area contributed by atoms with Crippen molar-refractivity contribution in [3.05, 3.63) is 64.1 Å². The Morgan fingerprint density at radius 2 is 1.77 bits per heavy atom. The number of halogens is 1. The molecule has 0 spiro atoms. The molecule has 5 heteroatoms. The first-order valence-corrected chi connectivity index (χ1v) is 9.33. The molecule has 0 N–H and O–H groups in total. The van der Waals surface area contributed by atoms with Crippen LogP contribution in [0.1, 0.15) is 42.1 Å². The molecule has 2 aromatic carbocycles. The summed E-state index contributed by atoms with van der Waals surface area (Å²) in [5.41, 5.74) is -1.28. The van der Waals surface area contributed by atoms with Crippen LogP contribution >= 0.6 is 15.9 Å². The minimum absolute atomic E-state index is 0.179. The minimum Gasteiger partial charge on any atom is -0.425 e. The van der Waals surface area contributed by atoms with Crippen molar-refractivity contribution in [1.82, 2.24) is 0 Å². The summed E-state index contributed by atoms with van der Waals surface area (Å²) in [7, 11) is 0. The lowest BCUT2D eigenvalue weighted by Gasteiger charge is -2.22. The number of benzene rings is 2. The zero-order chi connectivity index (χ0) is 18.7. The molecule has 0 unspecified atom stereocenters. The molecule has 0 saturated heterocycles. The highest BCUT2D eigenvalue weighted by molar-refractivity contribution is 9.10. The van der Waals surface area contributed by atoms with Gasteiger partial charge in [0.15, 0.2) is 5.78 Å². The van der Waals surface area contributed by atoms with Crippen LogP contribution in [-0.2, 0) is 9.59 Å². The highest BCUT2D eigenvalue weighted by Crippen LogP contribution is 2.80. The Hall–Kier alpha value is -2.27. The van der Waals surface area contributed by atoms with Gasteiger partial charge in [-0.2, -0.15) is 0 Å². The zero-order valence-electron chi connectivity index (χ0n) is 14.4. The number of para-hydroxylation sites is 1. The molecule has 2 aromatic rings. The van der Waals surface area contributed by atoms with Crippen molar-refractivity contribution >= 4 is 33.5 Å². The summed E-state index contributed by atoms with van der Waals surface area (Å²) < 4.78 is 6.35. The first-order chi connectivity index (χ1) is 12.4. The maximum absolute atomic E-state index is 13.5. The molecular weight excluding hydrogens is 396 g/mol. The quantitative estimate of drug-likeness (QED) is 0.324. The lowest BCUT2D eigenvalue weighted by molar-refractivity contribution is -0.148. The van der Waals surface area contributed by atoms with Gasteiger partial charge >= 0.3 is 5.97 Å². The number of carbonyl (C=O) groups is 3. The Morgan fingerprint density at radius 1 is 1.12 bits per heavy atom. The van der Waals surface area contributed by atoms with Crippen molar-refractivity contribution in [1.29, 1.82) is 0 Å². The summed E-state index contributed by atoms with van der Waals surface area (Å²) in [6.07, 6.45) is 0.385. The summed E-state index contributed by atoms with van der Waals surface area (Å²) in [6.45, 7) is 3.24. The summed E-state index contributed by atoms with van der Waals surface area (Å²) in [5, 5.41) is 0. The van der Waals surface area contributed by atoms with Gasteiger partial charge in [-0.3, -0.25) is 14.4 Å². The van der Waals surface area contributed by atoms with E-state index in [4.69, 9.17) is 4.74 Å². The van der Waals surface area contributed by atoms with Crippen LogP contribution in [0.2, 0.25) is 0 Å². The summed E-state index contributed by atoms with van der Waals surface area (Å²) in [6, 6.07) is 14.2. The van der Waals surface area contributed by atoms with E-state index in [0.29, 0.717) is 17.7 Å². The number of fused-ring (bicyclic) bond motifs is 3. The second-order valence-electron chi connectivity index (χ2n) is 6.89. The molecule has 2 aliphatic rings. The fraction of sp³-hybridized carbons (Fsp3) is 0.286. The number of hydrogen-bond acceptors (Lipinski definition) is 4. The molecule has 0 bridgehead atoms. The maximum Gasteiger partial charge on any atom is 0.326 e. The Bertz CT molecular complexity index is 949. The third kappa shape index (κ3) is 1.87. The molecule has 1 saturated carbocycles. The summed E-state index contributed by atoms with van der Waals surface area (Å²) >= 11 is 3.36. The van der Waals surface area contributed by atoms with Crippen LogP contribution < -0.4 is 4.74 Å². The number of hydrogen-bond donors (Lipinski definition) is 0. The number of esters is 1. The third-order valence-electron chi connectivity index (χ3n) is 5.93. The molecule has 0 aromatic heterocycles. The molecule has 0 amide bonds. The van der Waals surface area contributed by atoms with Crippen LogP contribution in [0.4, 0.5) is 0 Å². The Labute approximate surface area is 159 Å². The number of ether oxygens (including phenoxy) is 1. The molecule has 0 radical (unpaired) electrons. The predicted octanol–water partition coefficient (Wildman–Crippen LogP) is 4.32. The number of Topliss-reactive ketones (excluding diaryl/α,β-unsaturated/α-hetero) is 2. The van der Waals surface area contributed by atoms with E-state index >= 15 is 0 Å². The van der Waals surface area contributed by atoms with Crippen LogP contribution in [0.15, 0.2) is 53.0 Å². The second-order valence-corrected chi connectivity index (χ2v) is 7.80. The topological polar surface area (TPSA) is 60.4 Å².